The van der Waals surface area contributed by atoms with Gasteiger partial charge in [-0.1, -0.05) is 22.0 Å². The van der Waals surface area contributed by atoms with E-state index in [9.17, 15) is 18.0 Å². The topological polar surface area (TPSA) is 26.3 Å². The number of carbonyl (C=O) groups excluding carboxylic acids is 1. The summed E-state index contributed by atoms with van der Waals surface area (Å²) in [7, 11) is 0. The second-order valence-electron chi connectivity index (χ2n) is 3.74. The number of aryl methyl sites for hydroxylation is 1. The van der Waals surface area contributed by atoms with E-state index in [0.29, 0.717) is 18.4 Å². The van der Waals surface area contributed by atoms with Gasteiger partial charge in [-0.25, -0.2) is 0 Å². The van der Waals surface area contributed by atoms with Crippen LogP contribution in [0, 0.1) is 0 Å². The maximum absolute atomic E-state index is 12.0. The van der Waals surface area contributed by atoms with Gasteiger partial charge in [0, 0.05) is 5.56 Å². The van der Waals surface area contributed by atoms with Crippen LogP contribution in [0.4, 0.5) is 13.2 Å². The Morgan fingerprint density at radius 3 is 2.71 bits per heavy atom. The molecule has 2 rings (SSSR count). The number of ketones is 1. The molecule has 0 heterocycles. The minimum absolute atomic E-state index is 0.195. The van der Waals surface area contributed by atoms with Crippen molar-refractivity contribution in [3.05, 3.63) is 29.3 Å². The number of benzene rings is 1. The molecule has 1 aliphatic carbocycles. The molecule has 92 valence electrons. The van der Waals surface area contributed by atoms with Crippen molar-refractivity contribution in [1.82, 2.24) is 0 Å². The summed E-state index contributed by atoms with van der Waals surface area (Å²) >= 11 is 3.20. The molecular weight excluding hydrogens is 301 g/mol. The largest absolute Gasteiger partial charge is 0.573 e. The van der Waals surface area contributed by atoms with Gasteiger partial charge in [-0.2, -0.15) is 0 Å². The number of fused-ring (bicyclic) bond motifs is 1. The maximum Gasteiger partial charge on any atom is 0.573 e. The van der Waals surface area contributed by atoms with Gasteiger partial charge in [0.2, 0.25) is 0 Å². The van der Waals surface area contributed by atoms with E-state index >= 15 is 0 Å². The van der Waals surface area contributed by atoms with Gasteiger partial charge in [-0.05, 0) is 30.5 Å². The average Bonchev–Trinajstić information content (AvgIpc) is 2.22. The first kappa shape index (κ1) is 12.4. The minimum atomic E-state index is -4.74. The van der Waals surface area contributed by atoms with Crippen LogP contribution in [0.2, 0.25) is 0 Å². The molecule has 0 spiro atoms. The molecule has 1 atom stereocenters. The molecule has 0 bridgehead atoms. The fourth-order valence-electron chi connectivity index (χ4n) is 1.78. The van der Waals surface area contributed by atoms with Crippen LogP contribution in [0.1, 0.15) is 22.3 Å². The zero-order valence-corrected chi connectivity index (χ0v) is 10.1. The lowest BCUT2D eigenvalue weighted by Gasteiger charge is -2.20. The molecule has 0 amide bonds. The lowest BCUT2D eigenvalue weighted by Crippen LogP contribution is -2.23. The normalized spacial score (nSPS) is 20.0. The summed E-state index contributed by atoms with van der Waals surface area (Å²) in [5.41, 5.74) is 1.07. The lowest BCUT2D eigenvalue weighted by molar-refractivity contribution is -0.274. The molecule has 17 heavy (non-hydrogen) atoms. The molecule has 0 radical (unpaired) electrons. The second kappa shape index (κ2) is 4.33. The van der Waals surface area contributed by atoms with Crippen molar-refractivity contribution in [2.45, 2.75) is 24.0 Å². The number of hydrogen-bond donors (Lipinski definition) is 0. The van der Waals surface area contributed by atoms with Gasteiger partial charge >= 0.3 is 6.36 Å². The minimum Gasteiger partial charge on any atom is -0.406 e. The van der Waals surface area contributed by atoms with Gasteiger partial charge in [0.05, 0.1) is 4.83 Å². The first-order chi connectivity index (χ1) is 7.87. The summed E-state index contributed by atoms with van der Waals surface area (Å²) in [6.45, 7) is 0. The van der Waals surface area contributed by atoms with Gasteiger partial charge in [0.15, 0.2) is 5.78 Å². The molecule has 0 fully saturated rings. The summed E-state index contributed by atoms with van der Waals surface area (Å²) < 4.78 is 39.9. The van der Waals surface area contributed by atoms with Crippen molar-refractivity contribution in [3.8, 4) is 5.75 Å². The van der Waals surface area contributed by atoms with Gasteiger partial charge in [0.1, 0.15) is 5.75 Å². The summed E-state index contributed by atoms with van der Waals surface area (Å²) in [6, 6.07) is 3.89. The molecule has 2 nitrogen and oxygen atoms in total. The highest BCUT2D eigenvalue weighted by molar-refractivity contribution is 9.10. The Kier molecular flexibility index (Phi) is 3.16. The number of rotatable bonds is 1. The highest BCUT2D eigenvalue weighted by atomic mass is 79.9. The molecule has 1 aromatic carbocycles. The van der Waals surface area contributed by atoms with E-state index in [1.165, 1.54) is 12.1 Å². The van der Waals surface area contributed by atoms with Crippen LogP contribution in [-0.4, -0.2) is 17.0 Å². The Labute approximate surface area is 104 Å². The maximum atomic E-state index is 12.0. The average molecular weight is 309 g/mol. The zero-order valence-electron chi connectivity index (χ0n) is 8.55. The van der Waals surface area contributed by atoms with Crippen LogP contribution in [0.25, 0.3) is 0 Å². The molecular formula is C11H8BrF3O2. The first-order valence-corrected chi connectivity index (χ1v) is 5.85. The lowest BCUT2D eigenvalue weighted by atomic mass is 9.90. The standard InChI is InChI=1S/C11H8BrF3O2/c12-9-4-2-6-1-3-7(17-11(13,14)15)5-8(6)10(9)16/h1,3,5,9H,2,4H2. The third kappa shape index (κ3) is 2.80. The summed E-state index contributed by atoms with van der Waals surface area (Å²) in [5, 5.41) is 0. The first-order valence-electron chi connectivity index (χ1n) is 4.94. The van der Waals surface area contributed by atoms with Crippen LogP contribution in [0.3, 0.4) is 0 Å². The Hall–Kier alpha value is -1.04. The predicted octanol–water partition coefficient (Wildman–Crippen LogP) is 3.48. The fraction of sp³-hybridized carbons (Fsp3) is 0.364. The van der Waals surface area contributed by atoms with Crippen LogP contribution in [0.5, 0.6) is 5.75 Å². The Morgan fingerprint density at radius 1 is 1.35 bits per heavy atom. The second-order valence-corrected chi connectivity index (χ2v) is 4.84. The van der Waals surface area contributed by atoms with Crippen LogP contribution in [0.15, 0.2) is 18.2 Å². The van der Waals surface area contributed by atoms with E-state index in [-0.39, 0.29) is 16.4 Å². The molecule has 1 aliphatic rings. The number of carbonyl (C=O) groups is 1. The summed E-state index contributed by atoms with van der Waals surface area (Å²) in [5.74, 6) is -0.551. The molecule has 0 saturated heterocycles. The molecule has 1 aromatic rings. The van der Waals surface area contributed by atoms with Crippen LogP contribution < -0.4 is 4.74 Å². The van der Waals surface area contributed by atoms with Crippen LogP contribution >= 0.6 is 15.9 Å². The summed E-state index contributed by atoms with van der Waals surface area (Å²) in [6.07, 6.45) is -3.41. The molecule has 0 saturated carbocycles. The van der Waals surface area contributed by atoms with Crippen LogP contribution in [-0.2, 0) is 6.42 Å². The highest BCUT2D eigenvalue weighted by Crippen LogP contribution is 2.30. The van der Waals surface area contributed by atoms with E-state index in [1.807, 2.05) is 0 Å². The fourth-order valence-corrected chi connectivity index (χ4v) is 2.26. The van der Waals surface area contributed by atoms with Gasteiger partial charge in [0.25, 0.3) is 0 Å². The van der Waals surface area contributed by atoms with Gasteiger partial charge in [-0.3, -0.25) is 4.79 Å². The summed E-state index contributed by atoms with van der Waals surface area (Å²) in [4.78, 5) is 11.4. The number of hydrogen-bond acceptors (Lipinski definition) is 2. The molecule has 0 aromatic heterocycles. The van der Waals surface area contributed by atoms with E-state index in [0.717, 1.165) is 11.6 Å². The number of Topliss-reactive ketones (excluding diaryl/α,β-unsaturated/α-hetero) is 1. The van der Waals surface area contributed by atoms with E-state index in [1.54, 1.807) is 0 Å². The SMILES string of the molecule is O=C1c2cc(OC(F)(F)F)ccc2CCC1Br. The van der Waals surface area contributed by atoms with Crippen molar-refractivity contribution < 1.29 is 22.7 Å². The van der Waals surface area contributed by atoms with Crippen molar-refractivity contribution in [2.75, 3.05) is 0 Å². The smallest absolute Gasteiger partial charge is 0.406 e. The Balaban J connectivity index is 2.33. The van der Waals surface area contributed by atoms with Crippen molar-refractivity contribution in [3.63, 3.8) is 0 Å². The van der Waals surface area contributed by atoms with Crippen molar-refractivity contribution in [2.24, 2.45) is 0 Å². The van der Waals surface area contributed by atoms with Crippen molar-refractivity contribution >= 4 is 21.7 Å². The Morgan fingerprint density at radius 2 is 2.06 bits per heavy atom. The molecule has 1 unspecified atom stereocenters. The zero-order chi connectivity index (χ0) is 12.6. The van der Waals surface area contributed by atoms with Crippen molar-refractivity contribution in [1.29, 1.82) is 0 Å². The number of halogens is 4. The Bertz CT molecular complexity index is 457. The third-order valence-electron chi connectivity index (χ3n) is 2.53. The molecule has 6 heteroatoms. The molecule has 0 aliphatic heterocycles. The van der Waals surface area contributed by atoms with Gasteiger partial charge in [-0.15, -0.1) is 13.2 Å². The van der Waals surface area contributed by atoms with E-state index in [4.69, 9.17) is 0 Å². The highest BCUT2D eigenvalue weighted by Gasteiger charge is 2.32. The van der Waals surface area contributed by atoms with Gasteiger partial charge < -0.3 is 4.74 Å². The monoisotopic (exact) mass is 308 g/mol. The third-order valence-corrected chi connectivity index (χ3v) is 3.41. The van der Waals surface area contributed by atoms with E-state index in [2.05, 4.69) is 20.7 Å². The quantitative estimate of drug-likeness (QED) is 0.743. The number of alkyl halides is 4. The number of ether oxygens (including phenoxy) is 1. The van der Waals surface area contributed by atoms with E-state index < -0.39 is 6.36 Å². The molecule has 0 N–H and O–H groups in total. The predicted molar refractivity (Wildman–Crippen MR) is 58.5 cm³/mol.